The third-order valence-electron chi connectivity index (χ3n) is 3.87. The van der Waals surface area contributed by atoms with Crippen LogP contribution in [0.2, 0.25) is 0 Å². The smallest absolute Gasteiger partial charge is 0.410 e. The number of carbonyl (C=O) groups is 2. The molecule has 0 unspecified atom stereocenters. The topological polar surface area (TPSA) is 59.1 Å². The summed E-state index contributed by atoms with van der Waals surface area (Å²) in [6, 6.07) is 5.45. The number of nitrogens with zero attached hydrogens (tertiary/aromatic N) is 2. The van der Waals surface area contributed by atoms with Crippen molar-refractivity contribution in [3.05, 3.63) is 29.3 Å². The minimum absolute atomic E-state index is 0.0443. The molecule has 6 heteroatoms. The Hall–Kier alpha value is -2.24. The van der Waals surface area contributed by atoms with Gasteiger partial charge in [0.15, 0.2) is 0 Å². The van der Waals surface area contributed by atoms with Gasteiger partial charge in [0.25, 0.3) is 5.91 Å². The lowest BCUT2D eigenvalue weighted by Crippen LogP contribution is -2.51. The van der Waals surface area contributed by atoms with E-state index in [9.17, 15) is 9.59 Å². The van der Waals surface area contributed by atoms with Crippen molar-refractivity contribution in [2.24, 2.45) is 0 Å². The molecule has 2 amide bonds. The number of rotatable bonds is 2. The first-order valence-electron chi connectivity index (χ1n) is 8.13. The van der Waals surface area contributed by atoms with Crippen LogP contribution in [0.4, 0.5) is 4.79 Å². The number of methoxy groups -OCH3 is 1. The van der Waals surface area contributed by atoms with Crippen LogP contribution in [-0.4, -0.2) is 60.7 Å². The van der Waals surface area contributed by atoms with Crippen LogP contribution >= 0.6 is 0 Å². The highest BCUT2D eigenvalue weighted by Gasteiger charge is 2.28. The first-order chi connectivity index (χ1) is 11.2. The fraction of sp³-hybridized carbons (Fsp3) is 0.556. The first-order valence-corrected chi connectivity index (χ1v) is 8.13. The summed E-state index contributed by atoms with van der Waals surface area (Å²) in [6.07, 6.45) is -0.327. The molecule has 1 aliphatic heterocycles. The van der Waals surface area contributed by atoms with Crippen molar-refractivity contribution in [3.8, 4) is 5.75 Å². The van der Waals surface area contributed by atoms with Crippen molar-refractivity contribution in [3.63, 3.8) is 0 Å². The van der Waals surface area contributed by atoms with Crippen LogP contribution in [0.25, 0.3) is 0 Å². The molecule has 0 aliphatic carbocycles. The number of piperazine rings is 1. The number of aryl methyl sites for hydroxylation is 1. The molecule has 1 aromatic rings. The standard InChI is InChI=1S/C18H26N2O4/c1-13-6-7-14(12-15(13)23-5)16(21)19-8-10-20(11-9-19)17(22)24-18(2,3)4/h6-7,12H,8-11H2,1-5H3. The zero-order chi connectivity index (χ0) is 17.9. The summed E-state index contributed by atoms with van der Waals surface area (Å²) >= 11 is 0. The van der Waals surface area contributed by atoms with Gasteiger partial charge >= 0.3 is 6.09 Å². The minimum atomic E-state index is -0.511. The van der Waals surface area contributed by atoms with E-state index in [0.717, 1.165) is 5.56 Å². The van der Waals surface area contributed by atoms with Gasteiger partial charge in [-0.25, -0.2) is 4.79 Å². The maximum atomic E-state index is 12.6. The van der Waals surface area contributed by atoms with Gasteiger partial charge in [-0.3, -0.25) is 4.79 Å². The Bertz CT molecular complexity index is 614. The summed E-state index contributed by atoms with van der Waals surface area (Å²) in [6.45, 7) is 9.41. The lowest BCUT2D eigenvalue weighted by molar-refractivity contribution is 0.0141. The van der Waals surface area contributed by atoms with E-state index in [1.165, 1.54) is 0 Å². The van der Waals surface area contributed by atoms with E-state index in [0.29, 0.717) is 37.5 Å². The number of hydrogen-bond donors (Lipinski definition) is 0. The summed E-state index contributed by atoms with van der Waals surface area (Å²) in [7, 11) is 1.59. The van der Waals surface area contributed by atoms with Crippen LogP contribution in [0.15, 0.2) is 18.2 Å². The van der Waals surface area contributed by atoms with Gasteiger partial charge < -0.3 is 19.3 Å². The van der Waals surface area contributed by atoms with E-state index >= 15 is 0 Å². The molecule has 0 radical (unpaired) electrons. The third-order valence-corrected chi connectivity index (χ3v) is 3.87. The highest BCUT2D eigenvalue weighted by molar-refractivity contribution is 5.95. The lowest BCUT2D eigenvalue weighted by Gasteiger charge is -2.35. The van der Waals surface area contributed by atoms with E-state index in [-0.39, 0.29) is 12.0 Å². The van der Waals surface area contributed by atoms with Crippen molar-refractivity contribution in [1.82, 2.24) is 9.80 Å². The van der Waals surface area contributed by atoms with Crippen LogP contribution in [0.1, 0.15) is 36.7 Å². The van der Waals surface area contributed by atoms with Gasteiger partial charge in [0, 0.05) is 31.7 Å². The number of carbonyl (C=O) groups excluding carboxylic acids is 2. The van der Waals surface area contributed by atoms with Crippen molar-refractivity contribution in [2.75, 3.05) is 33.3 Å². The average Bonchev–Trinajstić information content (AvgIpc) is 2.53. The van der Waals surface area contributed by atoms with Gasteiger partial charge in [0.05, 0.1) is 7.11 Å². The molecule has 1 heterocycles. The molecule has 0 aromatic heterocycles. The molecule has 0 saturated carbocycles. The Balaban J connectivity index is 1.97. The molecule has 2 rings (SSSR count). The minimum Gasteiger partial charge on any atom is -0.496 e. The number of amides is 2. The second-order valence-electron chi connectivity index (χ2n) is 6.94. The normalized spacial score (nSPS) is 15.2. The largest absolute Gasteiger partial charge is 0.496 e. The summed E-state index contributed by atoms with van der Waals surface area (Å²) in [5.41, 5.74) is 1.08. The molecule has 24 heavy (non-hydrogen) atoms. The van der Waals surface area contributed by atoms with Crippen LogP contribution < -0.4 is 4.74 Å². The Morgan fingerprint density at radius 1 is 1.04 bits per heavy atom. The van der Waals surface area contributed by atoms with Crippen LogP contribution in [0.5, 0.6) is 5.75 Å². The van der Waals surface area contributed by atoms with Crippen molar-refractivity contribution in [1.29, 1.82) is 0 Å². The van der Waals surface area contributed by atoms with Crippen molar-refractivity contribution >= 4 is 12.0 Å². The number of benzene rings is 1. The average molecular weight is 334 g/mol. The van der Waals surface area contributed by atoms with Crippen LogP contribution in [0.3, 0.4) is 0 Å². The fourth-order valence-corrected chi connectivity index (χ4v) is 2.55. The Morgan fingerprint density at radius 3 is 2.17 bits per heavy atom. The van der Waals surface area contributed by atoms with E-state index in [4.69, 9.17) is 9.47 Å². The lowest BCUT2D eigenvalue weighted by atomic mass is 10.1. The molecule has 0 atom stereocenters. The van der Waals surface area contributed by atoms with Gasteiger partial charge in [-0.2, -0.15) is 0 Å². The summed E-state index contributed by atoms with van der Waals surface area (Å²) in [4.78, 5) is 28.1. The molecule has 1 fully saturated rings. The molecular weight excluding hydrogens is 308 g/mol. The summed E-state index contributed by atoms with van der Waals surface area (Å²) in [5.74, 6) is 0.658. The predicted molar refractivity (Wildman–Crippen MR) is 91.4 cm³/mol. The molecule has 6 nitrogen and oxygen atoms in total. The molecule has 0 N–H and O–H groups in total. The van der Waals surface area contributed by atoms with Gasteiger partial charge in [0.2, 0.25) is 0 Å². The Kier molecular flexibility index (Phi) is 5.36. The monoisotopic (exact) mass is 334 g/mol. The fourth-order valence-electron chi connectivity index (χ4n) is 2.55. The number of hydrogen-bond acceptors (Lipinski definition) is 4. The molecule has 0 spiro atoms. The van der Waals surface area contributed by atoms with Gasteiger partial charge in [-0.15, -0.1) is 0 Å². The van der Waals surface area contributed by atoms with Gasteiger partial charge in [-0.05, 0) is 45.4 Å². The van der Waals surface area contributed by atoms with E-state index < -0.39 is 5.60 Å². The van der Waals surface area contributed by atoms with Gasteiger partial charge in [-0.1, -0.05) is 6.07 Å². The van der Waals surface area contributed by atoms with E-state index in [1.807, 2.05) is 33.8 Å². The molecule has 1 aliphatic rings. The first kappa shape index (κ1) is 18.1. The molecule has 1 aromatic carbocycles. The molecule has 132 valence electrons. The third kappa shape index (κ3) is 4.40. The molecular formula is C18H26N2O4. The van der Waals surface area contributed by atoms with Crippen LogP contribution in [-0.2, 0) is 4.74 Å². The summed E-state index contributed by atoms with van der Waals surface area (Å²) in [5, 5.41) is 0. The van der Waals surface area contributed by atoms with Crippen molar-refractivity contribution in [2.45, 2.75) is 33.3 Å². The molecule has 0 bridgehead atoms. The maximum Gasteiger partial charge on any atom is 0.410 e. The zero-order valence-electron chi connectivity index (χ0n) is 15.1. The second-order valence-corrected chi connectivity index (χ2v) is 6.94. The second kappa shape index (κ2) is 7.11. The van der Waals surface area contributed by atoms with E-state index in [2.05, 4.69) is 0 Å². The Labute approximate surface area is 143 Å². The van der Waals surface area contributed by atoms with Gasteiger partial charge in [0.1, 0.15) is 11.4 Å². The van der Waals surface area contributed by atoms with E-state index in [1.54, 1.807) is 29.0 Å². The highest BCUT2D eigenvalue weighted by Crippen LogP contribution is 2.21. The van der Waals surface area contributed by atoms with Crippen LogP contribution in [0, 0.1) is 6.92 Å². The maximum absolute atomic E-state index is 12.6. The van der Waals surface area contributed by atoms with Crippen molar-refractivity contribution < 1.29 is 19.1 Å². The highest BCUT2D eigenvalue weighted by atomic mass is 16.6. The summed E-state index contributed by atoms with van der Waals surface area (Å²) < 4.78 is 10.6. The number of ether oxygens (including phenoxy) is 2. The predicted octanol–water partition coefficient (Wildman–Crippen LogP) is 2.70. The zero-order valence-corrected chi connectivity index (χ0v) is 15.1. The quantitative estimate of drug-likeness (QED) is 0.834. The SMILES string of the molecule is COc1cc(C(=O)N2CCN(C(=O)OC(C)(C)C)CC2)ccc1C. The Morgan fingerprint density at radius 2 is 1.62 bits per heavy atom. The molecule has 1 saturated heterocycles.